The van der Waals surface area contributed by atoms with E-state index in [4.69, 9.17) is 20.9 Å². The van der Waals surface area contributed by atoms with Crippen LogP contribution in [0.3, 0.4) is 0 Å². The fraction of sp³-hybridized carbons (Fsp3) is 0.375. The van der Waals surface area contributed by atoms with Gasteiger partial charge in [0.2, 0.25) is 11.8 Å². The lowest BCUT2D eigenvalue weighted by molar-refractivity contribution is -0.115. The number of nitrogens with zero attached hydrogens (tertiary/aromatic N) is 4. The predicted octanol–water partition coefficient (Wildman–Crippen LogP) is 3.79. The van der Waals surface area contributed by atoms with E-state index in [2.05, 4.69) is 38.2 Å². The van der Waals surface area contributed by atoms with Gasteiger partial charge in [0, 0.05) is 37.2 Å². The number of amides is 1. The van der Waals surface area contributed by atoms with Crippen molar-refractivity contribution in [2.24, 2.45) is 0 Å². The van der Waals surface area contributed by atoms with Gasteiger partial charge in [0.25, 0.3) is 0 Å². The van der Waals surface area contributed by atoms with Gasteiger partial charge in [-0.25, -0.2) is 0 Å². The summed E-state index contributed by atoms with van der Waals surface area (Å²) >= 11 is 6.37. The maximum absolute atomic E-state index is 12.4. The summed E-state index contributed by atoms with van der Waals surface area (Å²) in [5.74, 6) is 1.25. The maximum Gasteiger partial charge on any atom is 0.240 e. The third-order valence-electron chi connectivity index (χ3n) is 5.88. The second-order valence-corrected chi connectivity index (χ2v) is 8.45. The van der Waals surface area contributed by atoms with E-state index in [9.17, 15) is 4.79 Å². The Morgan fingerprint density at radius 3 is 2.64 bits per heavy atom. The van der Waals surface area contributed by atoms with Crippen molar-refractivity contribution < 1.29 is 14.1 Å². The van der Waals surface area contributed by atoms with Gasteiger partial charge in [-0.15, -0.1) is 0 Å². The molecule has 4 rings (SSSR count). The molecule has 9 heteroatoms. The van der Waals surface area contributed by atoms with Gasteiger partial charge < -0.3 is 14.6 Å². The summed E-state index contributed by atoms with van der Waals surface area (Å²) < 4.78 is 10.6. The van der Waals surface area contributed by atoms with E-state index in [1.807, 2.05) is 30.3 Å². The molecule has 1 atom stereocenters. The summed E-state index contributed by atoms with van der Waals surface area (Å²) in [6.45, 7) is 6.39. The van der Waals surface area contributed by atoms with Gasteiger partial charge in [-0.2, -0.15) is 4.98 Å². The number of rotatable bonds is 8. The zero-order valence-corrected chi connectivity index (χ0v) is 19.6. The summed E-state index contributed by atoms with van der Waals surface area (Å²) in [6, 6.07) is 15.5. The Hall–Kier alpha value is -2.94. The molecular formula is C24H28ClN5O3. The normalized spacial score (nSPS) is 15.8. The van der Waals surface area contributed by atoms with E-state index in [0.29, 0.717) is 29.7 Å². The molecule has 0 spiro atoms. The van der Waals surface area contributed by atoms with Crippen LogP contribution in [0.1, 0.15) is 30.2 Å². The molecule has 1 aliphatic heterocycles. The summed E-state index contributed by atoms with van der Waals surface area (Å²) in [5.41, 5.74) is 1.76. The summed E-state index contributed by atoms with van der Waals surface area (Å²) in [6.07, 6.45) is 0.0324. The number of halogens is 1. The number of anilines is 1. The monoisotopic (exact) mass is 469 g/mol. The number of hydrogen-bond acceptors (Lipinski definition) is 7. The molecule has 1 N–H and O–H groups in total. The van der Waals surface area contributed by atoms with Crippen LogP contribution in [-0.2, 0) is 17.8 Å². The Morgan fingerprint density at radius 2 is 1.88 bits per heavy atom. The van der Waals surface area contributed by atoms with Crippen LogP contribution in [0.2, 0.25) is 5.02 Å². The molecule has 1 aromatic heterocycles. The molecule has 2 heterocycles. The smallest absolute Gasteiger partial charge is 0.240 e. The van der Waals surface area contributed by atoms with Gasteiger partial charge in [0.15, 0.2) is 5.82 Å². The van der Waals surface area contributed by atoms with Crippen LogP contribution in [0.25, 0.3) is 0 Å². The average molecular weight is 470 g/mol. The lowest BCUT2D eigenvalue weighted by Crippen LogP contribution is -2.46. The number of methoxy groups -OCH3 is 1. The van der Waals surface area contributed by atoms with Crippen LogP contribution < -0.4 is 10.1 Å². The molecule has 2 aromatic carbocycles. The van der Waals surface area contributed by atoms with Gasteiger partial charge in [0.1, 0.15) is 5.75 Å². The summed E-state index contributed by atoms with van der Waals surface area (Å²) in [4.78, 5) is 21.5. The molecular weight excluding hydrogens is 442 g/mol. The first-order valence-corrected chi connectivity index (χ1v) is 11.4. The Labute approximate surface area is 198 Å². The Kier molecular flexibility index (Phi) is 7.59. The van der Waals surface area contributed by atoms with E-state index in [0.717, 1.165) is 36.8 Å². The highest BCUT2D eigenvalue weighted by atomic mass is 35.5. The van der Waals surface area contributed by atoms with Crippen molar-refractivity contribution in [1.29, 1.82) is 0 Å². The summed E-state index contributed by atoms with van der Waals surface area (Å²) in [7, 11) is 1.56. The minimum Gasteiger partial charge on any atom is -0.495 e. The first-order valence-electron chi connectivity index (χ1n) is 11.0. The molecule has 33 heavy (non-hydrogen) atoms. The number of para-hydroxylation sites is 2. The topological polar surface area (TPSA) is 83.7 Å². The molecule has 0 radical (unpaired) electrons. The van der Waals surface area contributed by atoms with Gasteiger partial charge in [-0.1, -0.05) is 47.1 Å². The largest absolute Gasteiger partial charge is 0.495 e. The molecule has 1 saturated heterocycles. The van der Waals surface area contributed by atoms with Crippen LogP contribution >= 0.6 is 11.6 Å². The molecule has 1 aliphatic rings. The van der Waals surface area contributed by atoms with Crippen molar-refractivity contribution in [3.05, 3.63) is 70.8 Å². The second kappa shape index (κ2) is 10.8. The Bertz CT molecular complexity index is 1080. The standard InChI is InChI=1S/C24H28ClN5O3/c1-17(18-7-3-4-8-19(18)25)30-13-11-29(12-14-30)16-24-27-22(28-33-24)15-23(31)26-20-9-5-6-10-21(20)32-2/h3-10,17H,11-16H2,1-2H3,(H,26,31)/t17-/m1/s1. The van der Waals surface area contributed by atoms with Crippen molar-refractivity contribution in [2.45, 2.75) is 25.9 Å². The minimum atomic E-state index is -0.228. The molecule has 8 nitrogen and oxygen atoms in total. The van der Waals surface area contributed by atoms with Gasteiger partial charge in [-0.3, -0.25) is 14.6 Å². The van der Waals surface area contributed by atoms with Crippen LogP contribution in [0.15, 0.2) is 53.1 Å². The minimum absolute atomic E-state index is 0.0324. The van der Waals surface area contributed by atoms with E-state index < -0.39 is 0 Å². The molecule has 0 aliphatic carbocycles. The van der Waals surface area contributed by atoms with Gasteiger partial charge >= 0.3 is 0 Å². The molecule has 0 saturated carbocycles. The third kappa shape index (κ3) is 5.90. The zero-order valence-electron chi connectivity index (χ0n) is 18.8. The Balaban J connectivity index is 1.26. The summed E-state index contributed by atoms with van der Waals surface area (Å²) in [5, 5.41) is 7.60. The van der Waals surface area contributed by atoms with Crippen molar-refractivity contribution in [3.63, 3.8) is 0 Å². The third-order valence-corrected chi connectivity index (χ3v) is 6.22. The molecule has 1 fully saturated rings. The Morgan fingerprint density at radius 1 is 1.15 bits per heavy atom. The number of aromatic nitrogens is 2. The number of piperazine rings is 1. The highest BCUT2D eigenvalue weighted by molar-refractivity contribution is 6.31. The lowest BCUT2D eigenvalue weighted by Gasteiger charge is -2.37. The first kappa shape index (κ1) is 23.2. The van der Waals surface area contributed by atoms with Crippen molar-refractivity contribution in [3.8, 4) is 5.75 Å². The van der Waals surface area contributed by atoms with Gasteiger partial charge in [0.05, 0.1) is 25.8 Å². The van der Waals surface area contributed by atoms with Gasteiger partial charge in [-0.05, 0) is 30.7 Å². The number of carbonyl (C=O) groups is 1. The zero-order chi connectivity index (χ0) is 23.2. The molecule has 0 unspecified atom stereocenters. The number of hydrogen-bond donors (Lipinski definition) is 1. The maximum atomic E-state index is 12.4. The molecule has 0 bridgehead atoms. The fourth-order valence-corrected chi connectivity index (χ4v) is 4.32. The van der Waals surface area contributed by atoms with E-state index in [1.54, 1.807) is 19.2 Å². The predicted molar refractivity (Wildman–Crippen MR) is 126 cm³/mol. The van der Waals surface area contributed by atoms with E-state index in [-0.39, 0.29) is 18.4 Å². The highest BCUT2D eigenvalue weighted by Crippen LogP contribution is 2.28. The molecule has 1 amide bonds. The van der Waals surface area contributed by atoms with Crippen molar-refractivity contribution in [2.75, 3.05) is 38.6 Å². The van der Waals surface area contributed by atoms with Crippen molar-refractivity contribution in [1.82, 2.24) is 19.9 Å². The second-order valence-electron chi connectivity index (χ2n) is 8.04. The number of ether oxygens (including phenoxy) is 1. The van der Waals surface area contributed by atoms with E-state index in [1.165, 1.54) is 0 Å². The fourth-order valence-electron chi connectivity index (χ4n) is 4.02. The number of nitrogens with one attached hydrogen (secondary N) is 1. The number of carbonyl (C=O) groups excluding carboxylic acids is 1. The quantitative estimate of drug-likeness (QED) is 0.537. The highest BCUT2D eigenvalue weighted by Gasteiger charge is 2.24. The van der Waals surface area contributed by atoms with Crippen molar-refractivity contribution >= 4 is 23.2 Å². The molecule has 174 valence electrons. The van der Waals surface area contributed by atoms with E-state index >= 15 is 0 Å². The van der Waals surface area contributed by atoms with Crippen LogP contribution in [-0.4, -0.2) is 59.1 Å². The van der Waals surface area contributed by atoms with Crippen LogP contribution in [0, 0.1) is 0 Å². The molecule has 3 aromatic rings. The van der Waals surface area contributed by atoms with Crippen LogP contribution in [0.4, 0.5) is 5.69 Å². The lowest BCUT2D eigenvalue weighted by atomic mass is 10.1. The number of benzene rings is 2. The average Bonchev–Trinajstić information content (AvgIpc) is 3.26. The SMILES string of the molecule is COc1ccccc1NC(=O)Cc1noc(CN2CCN([C@H](C)c3ccccc3Cl)CC2)n1. The first-order chi connectivity index (χ1) is 16.0. The van der Waals surface area contributed by atoms with Crippen LogP contribution in [0.5, 0.6) is 5.75 Å².